The highest BCUT2D eigenvalue weighted by molar-refractivity contribution is 6.06. The Morgan fingerprint density at radius 1 is 1.00 bits per heavy atom. The number of carbonyl (C=O) groups excluding carboxylic acids is 1. The first-order chi connectivity index (χ1) is 16.9. The van der Waals surface area contributed by atoms with Gasteiger partial charge in [-0.25, -0.2) is 4.68 Å². The van der Waals surface area contributed by atoms with Crippen LogP contribution in [0.2, 0.25) is 0 Å². The molecule has 4 aromatic rings. The molecular weight excluding hydrogens is 444 g/mol. The summed E-state index contributed by atoms with van der Waals surface area (Å²) >= 11 is 0. The minimum atomic E-state index is -0.638. The van der Waals surface area contributed by atoms with Crippen molar-refractivity contribution in [2.24, 2.45) is 0 Å². The molecule has 0 saturated heterocycles. The van der Waals surface area contributed by atoms with Crippen LogP contribution in [0, 0.1) is 17.0 Å². The fourth-order valence-corrected chi connectivity index (χ4v) is 4.19. The van der Waals surface area contributed by atoms with Crippen molar-refractivity contribution < 1.29 is 9.72 Å². The molecule has 3 aromatic carbocycles. The summed E-state index contributed by atoms with van der Waals surface area (Å²) in [6, 6.07) is 22.5. The van der Waals surface area contributed by atoms with Gasteiger partial charge in [-0.05, 0) is 49.2 Å². The number of hydrogen-bond donors (Lipinski definition) is 2. The topological polar surface area (TPSA) is 115 Å². The number of fused-ring (bicyclic) bond motifs is 1. The highest BCUT2D eigenvalue weighted by atomic mass is 16.6. The van der Waals surface area contributed by atoms with Gasteiger partial charge in [0, 0.05) is 29.1 Å². The molecule has 0 radical (unpaired) electrons. The fourth-order valence-electron chi connectivity index (χ4n) is 4.19. The zero-order chi connectivity index (χ0) is 24.5. The van der Waals surface area contributed by atoms with Crippen molar-refractivity contribution >= 4 is 23.2 Å². The SMILES string of the molecule is CC1=C(C(=O)Nc2ccccc2)C(c2ccc([N+](=O)[O-])cc2)n2nc(-c3ccccc3C)nc2N1. The van der Waals surface area contributed by atoms with Gasteiger partial charge in [0.2, 0.25) is 5.95 Å². The van der Waals surface area contributed by atoms with Gasteiger partial charge < -0.3 is 10.6 Å². The predicted octanol–water partition coefficient (Wildman–Crippen LogP) is 5.09. The van der Waals surface area contributed by atoms with Crippen molar-refractivity contribution in [2.75, 3.05) is 10.6 Å². The molecule has 174 valence electrons. The maximum Gasteiger partial charge on any atom is 0.269 e. The normalized spacial score (nSPS) is 14.7. The van der Waals surface area contributed by atoms with Crippen LogP contribution in [0.5, 0.6) is 0 Å². The number of anilines is 2. The van der Waals surface area contributed by atoms with Gasteiger partial charge in [-0.3, -0.25) is 14.9 Å². The van der Waals surface area contributed by atoms with Crippen LogP contribution in [0.3, 0.4) is 0 Å². The quantitative estimate of drug-likeness (QED) is 0.313. The summed E-state index contributed by atoms with van der Waals surface area (Å²) in [6.07, 6.45) is 0. The van der Waals surface area contributed by atoms with Crippen LogP contribution in [-0.2, 0) is 4.79 Å². The highest BCUT2D eigenvalue weighted by Gasteiger charge is 2.35. The molecular formula is C26H22N6O3. The lowest BCUT2D eigenvalue weighted by atomic mass is 9.95. The number of nitrogens with one attached hydrogen (secondary N) is 2. The number of allylic oxidation sites excluding steroid dienone is 1. The lowest BCUT2D eigenvalue weighted by Crippen LogP contribution is -2.31. The third kappa shape index (κ3) is 4.15. The van der Waals surface area contributed by atoms with E-state index in [1.165, 1.54) is 12.1 Å². The molecule has 1 unspecified atom stereocenters. The average Bonchev–Trinajstić information content (AvgIpc) is 3.27. The van der Waals surface area contributed by atoms with E-state index in [1.54, 1.807) is 16.8 Å². The fraction of sp³-hybridized carbons (Fsp3) is 0.115. The molecule has 5 rings (SSSR count). The van der Waals surface area contributed by atoms with Crippen LogP contribution >= 0.6 is 0 Å². The van der Waals surface area contributed by atoms with Gasteiger partial charge in [0.05, 0.1) is 10.5 Å². The van der Waals surface area contributed by atoms with Crippen LogP contribution in [0.25, 0.3) is 11.4 Å². The molecule has 0 aliphatic carbocycles. The van der Waals surface area contributed by atoms with Crippen LogP contribution in [0.15, 0.2) is 90.1 Å². The maximum atomic E-state index is 13.5. The number of amides is 1. The van der Waals surface area contributed by atoms with Gasteiger partial charge in [-0.15, -0.1) is 5.10 Å². The minimum Gasteiger partial charge on any atom is -0.328 e. The molecule has 1 amide bonds. The van der Waals surface area contributed by atoms with Crippen molar-refractivity contribution in [3.63, 3.8) is 0 Å². The van der Waals surface area contributed by atoms with Crippen LogP contribution in [-0.4, -0.2) is 25.6 Å². The van der Waals surface area contributed by atoms with Crippen molar-refractivity contribution in [1.29, 1.82) is 0 Å². The average molecular weight is 467 g/mol. The van der Waals surface area contributed by atoms with Gasteiger partial charge >= 0.3 is 0 Å². The Hall–Kier alpha value is -4.79. The van der Waals surface area contributed by atoms with Gasteiger partial charge in [0.15, 0.2) is 5.82 Å². The zero-order valence-electron chi connectivity index (χ0n) is 19.1. The molecule has 0 bridgehead atoms. The number of aromatic nitrogens is 3. The van der Waals surface area contributed by atoms with Gasteiger partial charge in [-0.1, -0.05) is 42.5 Å². The summed E-state index contributed by atoms with van der Waals surface area (Å²) in [5, 5.41) is 22.1. The van der Waals surface area contributed by atoms with Crippen molar-refractivity contribution in [3.8, 4) is 11.4 Å². The smallest absolute Gasteiger partial charge is 0.269 e. The third-order valence-electron chi connectivity index (χ3n) is 5.93. The molecule has 1 aliphatic heterocycles. The molecule has 1 aliphatic rings. The number of nitro benzene ring substituents is 1. The monoisotopic (exact) mass is 466 g/mol. The van der Waals surface area contributed by atoms with Crippen LogP contribution in [0.4, 0.5) is 17.3 Å². The first-order valence-corrected chi connectivity index (χ1v) is 11.0. The van der Waals surface area contributed by atoms with Crippen LogP contribution in [0.1, 0.15) is 24.1 Å². The number of nitrogens with zero attached hydrogens (tertiary/aromatic N) is 4. The van der Waals surface area contributed by atoms with E-state index in [4.69, 9.17) is 10.1 Å². The Morgan fingerprint density at radius 2 is 1.69 bits per heavy atom. The Kier molecular flexibility index (Phi) is 5.58. The van der Waals surface area contributed by atoms with Gasteiger partial charge in [-0.2, -0.15) is 4.98 Å². The minimum absolute atomic E-state index is 0.0295. The molecule has 2 N–H and O–H groups in total. The number of aryl methyl sites for hydroxylation is 1. The van der Waals surface area contributed by atoms with E-state index >= 15 is 0 Å². The molecule has 0 spiro atoms. The van der Waals surface area contributed by atoms with E-state index in [0.717, 1.165) is 11.1 Å². The summed E-state index contributed by atoms with van der Waals surface area (Å²) < 4.78 is 1.66. The number of rotatable bonds is 5. The maximum absolute atomic E-state index is 13.5. The summed E-state index contributed by atoms with van der Waals surface area (Å²) in [7, 11) is 0. The molecule has 9 heteroatoms. The first kappa shape index (κ1) is 22.0. The highest BCUT2D eigenvalue weighted by Crippen LogP contribution is 2.37. The summed E-state index contributed by atoms with van der Waals surface area (Å²) in [6.45, 7) is 3.79. The van der Waals surface area contributed by atoms with E-state index in [9.17, 15) is 14.9 Å². The number of para-hydroxylation sites is 1. The lowest BCUT2D eigenvalue weighted by Gasteiger charge is -2.28. The molecule has 2 heterocycles. The Labute approximate surface area is 201 Å². The van der Waals surface area contributed by atoms with Crippen LogP contribution < -0.4 is 10.6 Å². The largest absolute Gasteiger partial charge is 0.328 e. The third-order valence-corrected chi connectivity index (χ3v) is 5.93. The Bertz CT molecular complexity index is 1460. The summed E-state index contributed by atoms with van der Waals surface area (Å²) in [5.74, 6) is 0.707. The molecule has 1 aromatic heterocycles. The number of nitro groups is 1. The van der Waals surface area contributed by atoms with E-state index < -0.39 is 11.0 Å². The zero-order valence-corrected chi connectivity index (χ0v) is 19.1. The Balaban J connectivity index is 1.62. The van der Waals surface area contributed by atoms with Crippen molar-refractivity contribution in [2.45, 2.75) is 19.9 Å². The molecule has 35 heavy (non-hydrogen) atoms. The van der Waals surface area contributed by atoms with Gasteiger partial charge in [0.25, 0.3) is 11.6 Å². The second-order valence-electron chi connectivity index (χ2n) is 8.25. The predicted molar refractivity (Wildman–Crippen MR) is 133 cm³/mol. The van der Waals surface area contributed by atoms with Crippen molar-refractivity contribution in [3.05, 3.63) is 111 Å². The second kappa shape index (κ2) is 8.86. The van der Waals surface area contributed by atoms with E-state index in [1.807, 2.05) is 68.4 Å². The van der Waals surface area contributed by atoms with Gasteiger partial charge in [0.1, 0.15) is 6.04 Å². The van der Waals surface area contributed by atoms with E-state index in [-0.39, 0.29) is 11.6 Å². The second-order valence-corrected chi connectivity index (χ2v) is 8.25. The van der Waals surface area contributed by atoms with E-state index in [0.29, 0.717) is 34.3 Å². The molecule has 1 atom stereocenters. The molecule has 0 saturated carbocycles. The number of non-ortho nitro benzene ring substituents is 1. The van der Waals surface area contributed by atoms with E-state index in [2.05, 4.69) is 10.6 Å². The summed E-state index contributed by atoms with van der Waals surface area (Å²) in [4.78, 5) is 28.9. The number of carbonyl (C=O) groups is 1. The lowest BCUT2D eigenvalue weighted by molar-refractivity contribution is -0.384. The summed E-state index contributed by atoms with van der Waals surface area (Å²) in [5.41, 5.74) is 4.27. The van der Waals surface area contributed by atoms with Crippen molar-refractivity contribution in [1.82, 2.24) is 14.8 Å². The number of benzene rings is 3. The molecule has 0 fully saturated rings. The Morgan fingerprint density at radius 3 is 2.37 bits per heavy atom. The first-order valence-electron chi connectivity index (χ1n) is 11.0. The number of hydrogen-bond acceptors (Lipinski definition) is 6. The molecule has 9 nitrogen and oxygen atoms in total. The standard InChI is InChI=1S/C26H22N6O3/c1-16-8-6-7-11-21(16)24-29-26-27-17(2)22(25(33)28-19-9-4-3-5-10-19)23(31(26)30-24)18-12-14-20(15-13-18)32(34)35/h3-15,23H,1-2H3,(H,28,33)(H,27,29,30).